The van der Waals surface area contributed by atoms with Gasteiger partial charge in [0.15, 0.2) is 12.4 Å². The maximum Gasteiger partial charge on any atom is 0.495 e. The van der Waals surface area contributed by atoms with Crippen molar-refractivity contribution in [3.8, 4) is 0 Å². The first-order valence-electron chi connectivity index (χ1n) is 5.07. The van der Waals surface area contributed by atoms with Crippen molar-refractivity contribution in [2.24, 2.45) is 41.3 Å². The SMILES string of the molecule is [N-]=[N+]=NNC1(O[N+](=O)OC2(NN=[N+]=N)C=NN=N2)C=NN=N1. The normalized spacial score (nSPS) is 26.9. The molecule has 0 saturated heterocycles. The van der Waals surface area contributed by atoms with Crippen LogP contribution in [0.2, 0.25) is 0 Å². The van der Waals surface area contributed by atoms with E-state index >= 15 is 0 Å². The van der Waals surface area contributed by atoms with Gasteiger partial charge in [0.25, 0.3) is 0 Å². The Morgan fingerprint density at radius 2 is 1.68 bits per heavy atom. The summed E-state index contributed by atoms with van der Waals surface area (Å²) in [5, 5.41) is 25.5. The molecule has 0 aromatic carbocycles. The number of hydrogen-bond donors (Lipinski definition) is 3. The summed E-state index contributed by atoms with van der Waals surface area (Å²) in [6.07, 6.45) is 1.86. The van der Waals surface area contributed by atoms with Crippen molar-refractivity contribution in [3.05, 3.63) is 15.3 Å². The molecule has 0 amide bonds. The average molecular weight is 311 g/mol. The number of hydrogen-bond acceptors (Lipinski definition) is 12. The van der Waals surface area contributed by atoms with Gasteiger partial charge >= 0.3 is 16.8 Å². The van der Waals surface area contributed by atoms with Gasteiger partial charge in [-0.3, -0.25) is 0 Å². The zero-order valence-corrected chi connectivity index (χ0v) is 10.2. The van der Waals surface area contributed by atoms with Crippen LogP contribution in [0.1, 0.15) is 0 Å². The monoisotopic (exact) mass is 311 g/mol. The van der Waals surface area contributed by atoms with Crippen molar-refractivity contribution in [2.75, 3.05) is 0 Å². The highest BCUT2D eigenvalue weighted by Crippen LogP contribution is 2.18. The zero-order chi connectivity index (χ0) is 15.9. The fourth-order valence-electron chi connectivity index (χ4n) is 1.11. The Balaban J connectivity index is 2.07. The van der Waals surface area contributed by atoms with Crippen LogP contribution in [0.5, 0.6) is 0 Å². The molecule has 0 aromatic rings. The molecule has 2 unspecified atom stereocenters. The summed E-state index contributed by atoms with van der Waals surface area (Å²) >= 11 is 0. The van der Waals surface area contributed by atoms with Gasteiger partial charge in [-0.25, -0.2) is 0 Å². The van der Waals surface area contributed by atoms with Gasteiger partial charge in [0.2, 0.25) is 5.22 Å². The summed E-state index contributed by atoms with van der Waals surface area (Å²) in [5.41, 5.74) is 18.9. The van der Waals surface area contributed by atoms with Crippen LogP contribution < -0.4 is 15.8 Å². The maximum absolute atomic E-state index is 11.7. The Labute approximate surface area is 118 Å². The molecule has 2 aliphatic rings. The fraction of sp³-hybridized carbons (Fsp3) is 0.500. The zero-order valence-electron chi connectivity index (χ0n) is 10.2. The molecule has 2 atom stereocenters. The summed E-state index contributed by atoms with van der Waals surface area (Å²) in [7, 11) is 0. The lowest BCUT2D eigenvalue weighted by Gasteiger charge is -2.10. The van der Waals surface area contributed by atoms with Crippen molar-refractivity contribution < 1.29 is 14.8 Å². The lowest BCUT2D eigenvalue weighted by molar-refractivity contribution is -1.00. The van der Waals surface area contributed by atoms with Gasteiger partial charge < -0.3 is 0 Å². The molecule has 0 saturated carbocycles. The molecular formula is C4H5N15O3+2. The van der Waals surface area contributed by atoms with E-state index in [0.717, 1.165) is 12.4 Å². The van der Waals surface area contributed by atoms with Crippen LogP contribution >= 0.6 is 0 Å². The van der Waals surface area contributed by atoms with Crippen LogP contribution in [-0.2, 0) is 9.68 Å². The molecule has 2 heterocycles. The molecule has 18 heteroatoms. The molecule has 0 radical (unpaired) electrons. The fourth-order valence-corrected chi connectivity index (χ4v) is 1.11. The lowest BCUT2D eigenvalue weighted by atomic mass is 10.5. The molecule has 2 rings (SSSR count). The third-order valence-corrected chi connectivity index (χ3v) is 1.90. The van der Waals surface area contributed by atoms with E-state index in [1.165, 1.54) is 0 Å². The minimum atomic E-state index is -2.00. The smallest absolute Gasteiger partial charge is 0.190 e. The van der Waals surface area contributed by atoms with Gasteiger partial charge in [-0.1, -0.05) is 25.3 Å². The van der Waals surface area contributed by atoms with Crippen molar-refractivity contribution >= 4 is 12.4 Å². The Kier molecular flexibility index (Phi) is 3.88. The second-order valence-electron chi connectivity index (χ2n) is 3.28. The molecule has 22 heavy (non-hydrogen) atoms. The maximum atomic E-state index is 11.7. The largest absolute Gasteiger partial charge is 0.495 e. The quantitative estimate of drug-likeness (QED) is 0.179. The highest BCUT2D eigenvalue weighted by Gasteiger charge is 2.53. The third-order valence-electron chi connectivity index (χ3n) is 1.90. The Bertz CT molecular complexity index is 582. The minimum Gasteiger partial charge on any atom is -0.190 e. The number of rotatable bonds is 8. The topological polar surface area (TPSA) is 236 Å². The molecule has 0 aliphatic carbocycles. The Morgan fingerprint density at radius 1 is 1.14 bits per heavy atom. The minimum absolute atomic E-state index is 0.459. The van der Waals surface area contributed by atoms with Crippen LogP contribution in [0.3, 0.4) is 0 Å². The van der Waals surface area contributed by atoms with E-state index in [4.69, 9.17) is 20.7 Å². The Morgan fingerprint density at radius 3 is 2.09 bits per heavy atom. The first-order chi connectivity index (χ1) is 10.6. The summed E-state index contributed by atoms with van der Waals surface area (Å²) in [6.45, 7) is 0. The molecule has 0 aromatic heterocycles. The van der Waals surface area contributed by atoms with E-state index in [0.29, 0.717) is 0 Å². The van der Waals surface area contributed by atoms with Crippen molar-refractivity contribution in [1.29, 1.82) is 5.53 Å². The first kappa shape index (κ1) is 14.4. The standard InChI is InChI=1S/C4H4N15O3/c5-13-17-11-3(1-7-15-9-3)21-19(20)22-4(12-18-14-6)2-8-16-10-4/h1-2,5,12H/q+1/p+1. The van der Waals surface area contributed by atoms with Crippen LogP contribution in [-0.4, -0.2) is 29.2 Å². The van der Waals surface area contributed by atoms with E-state index in [-0.39, 0.29) is 0 Å². The molecule has 3 N–H and O–H groups in total. The molecule has 0 fully saturated rings. The summed E-state index contributed by atoms with van der Waals surface area (Å²) in [4.78, 5) is 26.2. The van der Waals surface area contributed by atoms with E-state index in [9.17, 15) is 4.91 Å². The van der Waals surface area contributed by atoms with Crippen molar-refractivity contribution in [2.45, 2.75) is 11.7 Å². The Hall–Kier alpha value is -4.04. The van der Waals surface area contributed by atoms with Crippen molar-refractivity contribution in [3.63, 3.8) is 0 Å². The van der Waals surface area contributed by atoms with Gasteiger partial charge in [-0.05, 0) is 21.2 Å². The highest BCUT2D eigenvalue weighted by molar-refractivity contribution is 5.68. The molecule has 0 bridgehead atoms. The summed E-state index contributed by atoms with van der Waals surface area (Å²) in [5.74, 6) is -3.97. The second-order valence-corrected chi connectivity index (χ2v) is 3.28. The second kappa shape index (κ2) is 5.94. The van der Waals surface area contributed by atoms with Crippen LogP contribution in [0.25, 0.3) is 10.4 Å². The van der Waals surface area contributed by atoms with Gasteiger partial charge in [0, 0.05) is 0 Å². The van der Waals surface area contributed by atoms with E-state index in [1.807, 2.05) is 5.43 Å². The number of azide groups is 1. The first-order valence-corrected chi connectivity index (χ1v) is 5.07. The van der Waals surface area contributed by atoms with Gasteiger partial charge in [-0.2, -0.15) is 10.3 Å². The van der Waals surface area contributed by atoms with E-state index < -0.39 is 16.8 Å². The lowest BCUT2D eigenvalue weighted by Crippen LogP contribution is -2.50. The number of nitrogens with one attached hydrogen (secondary N) is 3. The molecule has 0 spiro atoms. The van der Waals surface area contributed by atoms with Crippen LogP contribution in [0, 0.1) is 10.4 Å². The van der Waals surface area contributed by atoms with E-state index in [2.05, 4.69) is 56.6 Å². The van der Waals surface area contributed by atoms with Gasteiger partial charge in [0.05, 0.1) is 4.91 Å². The predicted octanol–water partition coefficient (Wildman–Crippen LogP) is -0.291. The predicted molar refractivity (Wildman–Crippen MR) is 60.7 cm³/mol. The number of nitrogens with zero attached hydrogens (tertiary/aromatic N) is 12. The summed E-state index contributed by atoms with van der Waals surface area (Å²) < 4.78 is 0. The molecule has 112 valence electrons. The van der Waals surface area contributed by atoms with E-state index in [1.54, 1.807) is 0 Å². The highest BCUT2D eigenvalue weighted by atomic mass is 17.0. The van der Waals surface area contributed by atoms with Gasteiger partial charge in [-0.15, -0.1) is 15.7 Å². The van der Waals surface area contributed by atoms with Gasteiger partial charge in [0.1, 0.15) is 4.91 Å². The molecule has 18 nitrogen and oxygen atoms in total. The van der Waals surface area contributed by atoms with Crippen molar-refractivity contribution in [1.82, 2.24) is 15.8 Å². The van der Waals surface area contributed by atoms with Crippen LogP contribution in [0.15, 0.2) is 41.3 Å². The van der Waals surface area contributed by atoms with Crippen LogP contribution in [0.4, 0.5) is 0 Å². The summed E-state index contributed by atoms with van der Waals surface area (Å²) in [6, 6.07) is 0. The molecular weight excluding hydrogens is 306 g/mol. The average Bonchev–Trinajstić information content (AvgIpc) is 3.14. The molecule has 2 aliphatic heterocycles. The third kappa shape index (κ3) is 3.10.